The number of carbonyl (C=O) groups excluding carboxylic acids is 3. The van der Waals surface area contributed by atoms with E-state index >= 15 is 0 Å². The molecule has 1 atom stereocenters. The van der Waals surface area contributed by atoms with Crippen LogP contribution in [0.15, 0.2) is 18.2 Å². The fourth-order valence-electron chi connectivity index (χ4n) is 3.41. The van der Waals surface area contributed by atoms with Crippen LogP contribution in [0.4, 0.5) is 0 Å². The molecule has 2 aliphatic rings. The van der Waals surface area contributed by atoms with E-state index in [4.69, 9.17) is 14.2 Å². The van der Waals surface area contributed by atoms with Crippen molar-refractivity contribution in [3.05, 3.63) is 23.8 Å². The van der Waals surface area contributed by atoms with Gasteiger partial charge < -0.3 is 34.6 Å². The van der Waals surface area contributed by atoms with Crippen molar-refractivity contribution in [1.82, 2.24) is 15.5 Å². The Morgan fingerprint density at radius 3 is 2.60 bits per heavy atom. The minimum atomic E-state index is -0.740. The van der Waals surface area contributed by atoms with E-state index in [0.717, 1.165) is 19.6 Å². The summed E-state index contributed by atoms with van der Waals surface area (Å²) in [5.41, 5.74) is 0.442. The van der Waals surface area contributed by atoms with E-state index in [1.165, 1.54) is 9.80 Å². The molecule has 30 heavy (non-hydrogen) atoms. The molecule has 10 heteroatoms. The molecule has 0 saturated carbocycles. The molecule has 1 aromatic carbocycles. The Labute approximate surface area is 175 Å². The predicted octanol–water partition coefficient (Wildman–Crippen LogP) is -1.63. The lowest BCUT2D eigenvalue weighted by Crippen LogP contribution is -3.12. The van der Waals surface area contributed by atoms with Gasteiger partial charge in [-0.3, -0.25) is 14.4 Å². The zero-order chi connectivity index (χ0) is 21.5. The Hall–Kier alpha value is -2.85. The average molecular weight is 421 g/mol. The smallest absolute Gasteiger partial charge is 0.309 e. The third kappa shape index (κ3) is 5.19. The lowest BCUT2D eigenvalue weighted by molar-refractivity contribution is -0.895. The van der Waals surface area contributed by atoms with Gasteiger partial charge >= 0.3 is 11.8 Å². The molecule has 1 fully saturated rings. The van der Waals surface area contributed by atoms with E-state index in [-0.39, 0.29) is 19.2 Å². The molecule has 0 bridgehead atoms. The number of rotatable bonds is 8. The van der Waals surface area contributed by atoms with Crippen molar-refractivity contribution in [3.63, 3.8) is 0 Å². The molecular formula is C20H29N4O6+. The average Bonchev–Trinajstić information content (AvgIpc) is 3.43. The Bertz CT molecular complexity index is 783. The number of ether oxygens (including phenoxy) is 3. The van der Waals surface area contributed by atoms with Gasteiger partial charge in [-0.2, -0.15) is 0 Å². The second-order valence-corrected chi connectivity index (χ2v) is 7.07. The van der Waals surface area contributed by atoms with Gasteiger partial charge in [0.25, 0.3) is 5.91 Å². The standard InChI is InChI=1S/C20H28N4O6/c1-3-23(4-2)8-7-21-18(25)19(26)22-12-17-24(9-10-28-17)20(27)14-5-6-15-16(11-14)30-13-29-15/h5-6,11,17H,3-4,7-10,12-13H2,1-2H3,(H,21,25)(H,22,26)/p+1/t17-/m1/s1. The van der Waals surface area contributed by atoms with E-state index in [1.807, 2.05) is 0 Å². The van der Waals surface area contributed by atoms with Crippen molar-refractivity contribution >= 4 is 17.7 Å². The lowest BCUT2D eigenvalue weighted by Gasteiger charge is -2.23. The maximum atomic E-state index is 12.9. The number of hydrogen-bond acceptors (Lipinski definition) is 6. The number of nitrogens with zero attached hydrogens (tertiary/aromatic N) is 1. The molecule has 10 nitrogen and oxygen atoms in total. The van der Waals surface area contributed by atoms with Crippen LogP contribution in [0, 0.1) is 0 Å². The largest absolute Gasteiger partial charge is 0.454 e. The van der Waals surface area contributed by atoms with E-state index < -0.39 is 18.0 Å². The highest BCUT2D eigenvalue weighted by Gasteiger charge is 2.32. The summed E-state index contributed by atoms with van der Waals surface area (Å²) in [5.74, 6) is -0.545. The molecule has 0 unspecified atom stereocenters. The molecule has 0 spiro atoms. The molecular weight excluding hydrogens is 392 g/mol. The lowest BCUT2D eigenvalue weighted by atomic mass is 10.1. The van der Waals surface area contributed by atoms with Gasteiger partial charge in [0.2, 0.25) is 6.79 Å². The highest BCUT2D eigenvalue weighted by Crippen LogP contribution is 2.33. The summed E-state index contributed by atoms with van der Waals surface area (Å²) in [4.78, 5) is 39.8. The number of quaternary nitrogens is 1. The van der Waals surface area contributed by atoms with E-state index in [9.17, 15) is 14.4 Å². The maximum absolute atomic E-state index is 12.9. The number of benzene rings is 1. The quantitative estimate of drug-likeness (QED) is 0.435. The van der Waals surface area contributed by atoms with Gasteiger partial charge in [0, 0.05) is 12.1 Å². The second-order valence-electron chi connectivity index (χ2n) is 7.07. The molecule has 1 aromatic rings. The summed E-state index contributed by atoms with van der Waals surface area (Å²) in [6, 6.07) is 4.98. The molecule has 2 heterocycles. The molecule has 3 amide bonds. The van der Waals surface area contributed by atoms with Gasteiger partial charge in [0.05, 0.1) is 39.3 Å². The first-order chi connectivity index (χ1) is 14.5. The summed E-state index contributed by atoms with van der Waals surface area (Å²) in [5, 5.41) is 5.17. The minimum absolute atomic E-state index is 0.0316. The van der Waals surface area contributed by atoms with Gasteiger partial charge in [-0.25, -0.2) is 0 Å². The zero-order valence-corrected chi connectivity index (χ0v) is 17.4. The van der Waals surface area contributed by atoms with Gasteiger partial charge in [-0.15, -0.1) is 0 Å². The molecule has 164 valence electrons. The summed E-state index contributed by atoms with van der Waals surface area (Å²) in [7, 11) is 0. The van der Waals surface area contributed by atoms with Gasteiger partial charge in [-0.1, -0.05) is 0 Å². The summed E-state index contributed by atoms with van der Waals surface area (Å²) >= 11 is 0. The normalized spacial score (nSPS) is 17.3. The van der Waals surface area contributed by atoms with Crippen molar-refractivity contribution in [2.75, 3.05) is 52.7 Å². The first-order valence-electron chi connectivity index (χ1n) is 10.2. The fraction of sp³-hybridized carbons (Fsp3) is 0.550. The van der Waals surface area contributed by atoms with Crippen molar-refractivity contribution in [2.24, 2.45) is 0 Å². The number of carbonyl (C=O) groups is 3. The van der Waals surface area contributed by atoms with Gasteiger partial charge in [0.15, 0.2) is 11.5 Å². The SMILES string of the molecule is CC[NH+](CC)CCNC(=O)C(=O)NC[C@H]1OCCN1C(=O)c1ccc2c(c1)OCO2. The number of likely N-dealkylation sites (N-methyl/N-ethyl adjacent to an activating group) is 1. The van der Waals surface area contributed by atoms with Crippen molar-refractivity contribution in [2.45, 2.75) is 20.1 Å². The zero-order valence-electron chi connectivity index (χ0n) is 17.4. The number of amides is 3. The first-order valence-corrected chi connectivity index (χ1v) is 10.2. The second kappa shape index (κ2) is 10.3. The highest BCUT2D eigenvalue weighted by molar-refractivity contribution is 6.35. The van der Waals surface area contributed by atoms with Crippen molar-refractivity contribution < 1.29 is 33.5 Å². The first kappa shape index (κ1) is 21.8. The topological polar surface area (TPSA) is 111 Å². The maximum Gasteiger partial charge on any atom is 0.309 e. The van der Waals surface area contributed by atoms with Crippen molar-refractivity contribution in [1.29, 1.82) is 0 Å². The number of nitrogens with one attached hydrogen (secondary N) is 3. The summed E-state index contributed by atoms with van der Waals surface area (Å²) < 4.78 is 16.2. The Morgan fingerprint density at radius 2 is 1.83 bits per heavy atom. The molecule has 1 saturated heterocycles. The van der Waals surface area contributed by atoms with Crippen LogP contribution in [0.3, 0.4) is 0 Å². The predicted molar refractivity (Wildman–Crippen MR) is 106 cm³/mol. The Balaban J connectivity index is 1.48. The summed E-state index contributed by atoms with van der Waals surface area (Å²) in [6.07, 6.45) is -0.639. The number of fused-ring (bicyclic) bond motifs is 1. The minimum Gasteiger partial charge on any atom is -0.454 e. The van der Waals surface area contributed by atoms with Crippen LogP contribution in [0.2, 0.25) is 0 Å². The van der Waals surface area contributed by atoms with E-state index in [2.05, 4.69) is 24.5 Å². The molecule has 0 aromatic heterocycles. The van der Waals surface area contributed by atoms with Crippen LogP contribution in [0.1, 0.15) is 24.2 Å². The number of hydrogen-bond donors (Lipinski definition) is 3. The molecule has 0 aliphatic carbocycles. The van der Waals surface area contributed by atoms with Crippen LogP contribution in [0.5, 0.6) is 11.5 Å². The van der Waals surface area contributed by atoms with Crippen LogP contribution in [0.25, 0.3) is 0 Å². The third-order valence-corrected chi connectivity index (χ3v) is 5.28. The third-order valence-electron chi connectivity index (χ3n) is 5.28. The fourth-order valence-corrected chi connectivity index (χ4v) is 3.41. The Kier molecular flexibility index (Phi) is 7.47. The van der Waals surface area contributed by atoms with Gasteiger partial charge in [0.1, 0.15) is 6.23 Å². The van der Waals surface area contributed by atoms with E-state index in [0.29, 0.717) is 36.8 Å². The van der Waals surface area contributed by atoms with E-state index in [1.54, 1.807) is 18.2 Å². The van der Waals surface area contributed by atoms with Crippen molar-refractivity contribution in [3.8, 4) is 11.5 Å². The van der Waals surface area contributed by atoms with Crippen LogP contribution in [-0.4, -0.2) is 81.5 Å². The molecule has 3 N–H and O–H groups in total. The summed E-state index contributed by atoms with van der Waals surface area (Å²) in [6.45, 7) is 8.18. The van der Waals surface area contributed by atoms with Crippen LogP contribution < -0.4 is 25.0 Å². The Morgan fingerprint density at radius 1 is 1.10 bits per heavy atom. The van der Waals surface area contributed by atoms with Crippen LogP contribution in [-0.2, 0) is 14.3 Å². The molecule has 3 rings (SSSR count). The molecule has 0 radical (unpaired) electrons. The highest BCUT2D eigenvalue weighted by atomic mass is 16.7. The van der Waals surface area contributed by atoms with Gasteiger partial charge in [-0.05, 0) is 32.0 Å². The van der Waals surface area contributed by atoms with Crippen LogP contribution >= 0.6 is 0 Å². The monoisotopic (exact) mass is 421 g/mol. The molecule has 2 aliphatic heterocycles.